The van der Waals surface area contributed by atoms with Gasteiger partial charge >= 0.3 is 5.97 Å². The van der Waals surface area contributed by atoms with Crippen molar-refractivity contribution in [1.29, 1.82) is 0 Å². The average molecular weight is 321 g/mol. The number of carboxylic acids is 1. The number of rotatable bonds is 3. The first-order valence-electron chi connectivity index (χ1n) is 7.57. The maximum absolute atomic E-state index is 12.6. The van der Waals surface area contributed by atoms with Crippen molar-refractivity contribution in [3.05, 3.63) is 24.3 Å². The summed E-state index contributed by atoms with van der Waals surface area (Å²) >= 11 is 0. The first kappa shape index (κ1) is 15.6. The van der Waals surface area contributed by atoms with Gasteiger partial charge in [-0.1, -0.05) is 12.1 Å². The number of carbonyl (C=O) groups excluding carboxylic acids is 1. The lowest BCUT2D eigenvalue weighted by molar-refractivity contribution is -0.154. The Bertz CT molecular complexity index is 610. The van der Waals surface area contributed by atoms with E-state index in [4.69, 9.17) is 14.2 Å². The number of fused-ring (bicyclic) bond motifs is 1. The van der Waals surface area contributed by atoms with Crippen LogP contribution in [0.1, 0.15) is 19.8 Å². The number of nitrogens with one attached hydrogen (secondary N) is 1. The zero-order chi connectivity index (χ0) is 16.4. The van der Waals surface area contributed by atoms with Gasteiger partial charge in [-0.2, -0.15) is 0 Å². The standard InChI is InChI=1S/C16H19NO6/c1-10-13(23-12-5-3-2-4-11(12)22-10)14(18)17-16(15(19)20)6-8-21-9-7-16/h2-5,10,13H,6-9H2,1H3,(H,17,18)(H,19,20)/t10-,13-/m1/s1. The molecule has 1 amide bonds. The third kappa shape index (κ3) is 2.96. The predicted octanol–water partition coefficient (Wildman–Crippen LogP) is 0.965. The van der Waals surface area contributed by atoms with Gasteiger partial charge in [-0.05, 0) is 19.1 Å². The molecule has 1 aromatic rings. The van der Waals surface area contributed by atoms with E-state index in [0.717, 1.165) is 0 Å². The maximum Gasteiger partial charge on any atom is 0.329 e. The van der Waals surface area contributed by atoms with E-state index in [1.54, 1.807) is 25.1 Å². The summed E-state index contributed by atoms with van der Waals surface area (Å²) in [6.07, 6.45) is -0.960. The van der Waals surface area contributed by atoms with Crippen LogP contribution in [0.5, 0.6) is 11.5 Å². The number of benzene rings is 1. The molecule has 2 atom stereocenters. The van der Waals surface area contributed by atoms with E-state index in [-0.39, 0.29) is 12.8 Å². The summed E-state index contributed by atoms with van der Waals surface area (Å²) in [7, 11) is 0. The fourth-order valence-corrected chi connectivity index (χ4v) is 2.83. The van der Waals surface area contributed by atoms with Crippen LogP contribution in [0.15, 0.2) is 24.3 Å². The molecule has 1 fully saturated rings. The molecule has 1 aromatic carbocycles. The molecule has 0 spiro atoms. The average Bonchev–Trinajstić information content (AvgIpc) is 2.54. The number of carbonyl (C=O) groups is 2. The molecular formula is C16H19NO6. The number of hydrogen-bond acceptors (Lipinski definition) is 5. The van der Waals surface area contributed by atoms with Crippen LogP contribution in [0.3, 0.4) is 0 Å². The number of para-hydroxylation sites is 2. The lowest BCUT2D eigenvalue weighted by Gasteiger charge is -2.37. The van der Waals surface area contributed by atoms with Gasteiger partial charge < -0.3 is 24.6 Å². The van der Waals surface area contributed by atoms with Crippen molar-refractivity contribution in [2.24, 2.45) is 0 Å². The van der Waals surface area contributed by atoms with E-state index in [1.807, 2.05) is 6.07 Å². The summed E-state index contributed by atoms with van der Waals surface area (Å²) in [5, 5.41) is 12.2. The van der Waals surface area contributed by atoms with Crippen molar-refractivity contribution < 1.29 is 28.9 Å². The molecule has 2 aliphatic rings. The second kappa shape index (κ2) is 6.08. The quantitative estimate of drug-likeness (QED) is 0.861. The van der Waals surface area contributed by atoms with Crippen molar-refractivity contribution in [2.75, 3.05) is 13.2 Å². The van der Waals surface area contributed by atoms with Crippen molar-refractivity contribution >= 4 is 11.9 Å². The molecule has 2 N–H and O–H groups in total. The van der Waals surface area contributed by atoms with Crippen molar-refractivity contribution in [3.63, 3.8) is 0 Å². The largest absolute Gasteiger partial charge is 0.482 e. The second-order valence-corrected chi connectivity index (χ2v) is 5.80. The van der Waals surface area contributed by atoms with Gasteiger partial charge in [0.2, 0.25) is 6.10 Å². The lowest BCUT2D eigenvalue weighted by atomic mass is 9.89. The van der Waals surface area contributed by atoms with Crippen LogP contribution in [0, 0.1) is 0 Å². The molecule has 0 aromatic heterocycles. The number of ether oxygens (including phenoxy) is 3. The summed E-state index contributed by atoms with van der Waals surface area (Å²) < 4.78 is 16.6. The Morgan fingerprint density at radius 3 is 2.39 bits per heavy atom. The summed E-state index contributed by atoms with van der Waals surface area (Å²) in [5.74, 6) is -0.500. The highest BCUT2D eigenvalue weighted by Gasteiger charge is 2.45. The van der Waals surface area contributed by atoms with Crippen LogP contribution in [-0.4, -0.2) is 47.9 Å². The van der Waals surface area contributed by atoms with Gasteiger partial charge in [0.15, 0.2) is 11.5 Å². The molecule has 3 rings (SSSR count). The second-order valence-electron chi connectivity index (χ2n) is 5.80. The summed E-state index contributed by atoms with van der Waals surface area (Å²) in [6.45, 7) is 2.32. The molecule has 7 heteroatoms. The summed E-state index contributed by atoms with van der Waals surface area (Å²) in [4.78, 5) is 24.2. The first-order chi connectivity index (χ1) is 11.0. The van der Waals surface area contributed by atoms with E-state index in [0.29, 0.717) is 24.7 Å². The predicted molar refractivity (Wildman–Crippen MR) is 79.5 cm³/mol. The number of hydrogen-bond donors (Lipinski definition) is 2. The zero-order valence-corrected chi connectivity index (χ0v) is 12.8. The Balaban J connectivity index is 1.76. The van der Waals surface area contributed by atoms with Crippen LogP contribution < -0.4 is 14.8 Å². The Kier molecular flexibility index (Phi) is 4.12. The van der Waals surface area contributed by atoms with Crippen LogP contribution in [0.25, 0.3) is 0 Å². The molecule has 2 heterocycles. The van der Waals surface area contributed by atoms with Crippen LogP contribution in [0.4, 0.5) is 0 Å². The van der Waals surface area contributed by atoms with E-state index in [9.17, 15) is 14.7 Å². The van der Waals surface area contributed by atoms with Crippen LogP contribution >= 0.6 is 0 Å². The normalized spacial score (nSPS) is 25.4. The zero-order valence-electron chi connectivity index (χ0n) is 12.8. The van der Waals surface area contributed by atoms with Gasteiger partial charge in [0.05, 0.1) is 0 Å². The van der Waals surface area contributed by atoms with Crippen molar-refractivity contribution in [3.8, 4) is 11.5 Å². The minimum atomic E-state index is -1.31. The molecule has 0 unspecified atom stereocenters. The SMILES string of the molecule is C[C@H]1Oc2ccccc2O[C@H]1C(=O)NC1(C(=O)O)CCOCC1. The fraction of sp³-hybridized carbons (Fsp3) is 0.500. The molecule has 0 saturated carbocycles. The molecule has 1 saturated heterocycles. The lowest BCUT2D eigenvalue weighted by Crippen LogP contribution is -2.62. The first-order valence-corrected chi connectivity index (χ1v) is 7.57. The summed E-state index contributed by atoms with van der Waals surface area (Å²) in [5.41, 5.74) is -1.31. The van der Waals surface area contributed by atoms with Gasteiger partial charge in [-0.3, -0.25) is 4.79 Å². The van der Waals surface area contributed by atoms with E-state index in [1.165, 1.54) is 0 Å². The highest BCUT2D eigenvalue weighted by Crippen LogP contribution is 2.33. The molecule has 0 bridgehead atoms. The molecule has 23 heavy (non-hydrogen) atoms. The number of aliphatic carboxylic acids is 1. The summed E-state index contributed by atoms with van der Waals surface area (Å²) in [6, 6.07) is 7.07. The third-order valence-corrected chi connectivity index (χ3v) is 4.22. The van der Waals surface area contributed by atoms with Gasteiger partial charge in [0.1, 0.15) is 11.6 Å². The Hall–Kier alpha value is -2.28. The Labute approximate surface area is 133 Å². The van der Waals surface area contributed by atoms with E-state index < -0.39 is 29.6 Å². The third-order valence-electron chi connectivity index (χ3n) is 4.22. The van der Waals surface area contributed by atoms with Gasteiger partial charge in [0.25, 0.3) is 5.91 Å². The molecule has 2 aliphatic heterocycles. The molecule has 0 aliphatic carbocycles. The van der Waals surface area contributed by atoms with Crippen LogP contribution in [-0.2, 0) is 14.3 Å². The number of carboxylic acid groups (broad SMARTS) is 1. The Morgan fingerprint density at radius 2 is 1.78 bits per heavy atom. The van der Waals surface area contributed by atoms with E-state index >= 15 is 0 Å². The van der Waals surface area contributed by atoms with Gasteiger partial charge in [-0.25, -0.2) is 4.79 Å². The minimum Gasteiger partial charge on any atom is -0.482 e. The minimum absolute atomic E-state index is 0.229. The molecule has 0 radical (unpaired) electrons. The smallest absolute Gasteiger partial charge is 0.329 e. The monoisotopic (exact) mass is 321 g/mol. The topological polar surface area (TPSA) is 94.1 Å². The molecule has 7 nitrogen and oxygen atoms in total. The van der Waals surface area contributed by atoms with Gasteiger partial charge in [0, 0.05) is 26.1 Å². The van der Waals surface area contributed by atoms with E-state index in [2.05, 4.69) is 5.32 Å². The number of amides is 1. The highest BCUT2D eigenvalue weighted by atomic mass is 16.6. The van der Waals surface area contributed by atoms with Crippen LogP contribution in [0.2, 0.25) is 0 Å². The fourth-order valence-electron chi connectivity index (χ4n) is 2.83. The van der Waals surface area contributed by atoms with Crippen molar-refractivity contribution in [1.82, 2.24) is 5.32 Å². The molecule has 124 valence electrons. The maximum atomic E-state index is 12.6. The van der Waals surface area contributed by atoms with Crippen molar-refractivity contribution in [2.45, 2.75) is 37.5 Å². The molecular weight excluding hydrogens is 302 g/mol. The Morgan fingerprint density at radius 1 is 1.17 bits per heavy atom. The highest BCUT2D eigenvalue weighted by molar-refractivity contribution is 5.90. The van der Waals surface area contributed by atoms with Gasteiger partial charge in [-0.15, -0.1) is 0 Å².